The van der Waals surface area contributed by atoms with Crippen molar-refractivity contribution >= 4 is 23.4 Å². The Balaban J connectivity index is 1.64. The topological polar surface area (TPSA) is 126 Å². The normalized spacial score (nSPS) is 13.4. The number of fused-ring (bicyclic) bond motifs is 1. The molecule has 1 atom stereocenters. The van der Waals surface area contributed by atoms with Crippen molar-refractivity contribution in [2.45, 2.75) is 20.0 Å². The highest BCUT2D eigenvalue weighted by Crippen LogP contribution is 2.34. The Kier molecular flexibility index (Phi) is 3.98. The highest BCUT2D eigenvalue weighted by atomic mass is 16.7. The molecule has 1 aliphatic rings. The van der Waals surface area contributed by atoms with Gasteiger partial charge < -0.3 is 29.8 Å². The third-order valence-corrected chi connectivity index (χ3v) is 3.39. The van der Waals surface area contributed by atoms with Crippen molar-refractivity contribution in [1.82, 2.24) is 5.16 Å². The molecule has 1 aromatic heterocycles. The van der Waals surface area contributed by atoms with Crippen LogP contribution in [0.15, 0.2) is 22.7 Å². The van der Waals surface area contributed by atoms with E-state index in [1.54, 1.807) is 25.1 Å². The number of carbonyl (C=O) groups excluding carboxylic acids is 2. The molecule has 3 N–H and O–H groups in total. The third-order valence-electron chi connectivity index (χ3n) is 3.39. The number of anilines is 2. The second-order valence-electron chi connectivity index (χ2n) is 5.11. The highest BCUT2D eigenvalue weighted by Gasteiger charge is 2.25. The molecule has 2 aromatic rings. The summed E-state index contributed by atoms with van der Waals surface area (Å²) in [5, 5.41) is 6.19. The quantitative estimate of drug-likeness (QED) is 0.806. The van der Waals surface area contributed by atoms with E-state index in [9.17, 15) is 9.59 Å². The summed E-state index contributed by atoms with van der Waals surface area (Å²) in [6.07, 6.45) is -1.04. The van der Waals surface area contributed by atoms with Crippen LogP contribution in [0.4, 0.5) is 11.6 Å². The zero-order valence-electron chi connectivity index (χ0n) is 13.0. The largest absolute Gasteiger partial charge is 0.454 e. The number of hydrogen-bond acceptors (Lipinski definition) is 8. The maximum absolute atomic E-state index is 12.2. The minimum Gasteiger partial charge on any atom is -0.454 e. The summed E-state index contributed by atoms with van der Waals surface area (Å²) >= 11 is 0. The van der Waals surface area contributed by atoms with E-state index in [-0.39, 0.29) is 18.2 Å². The number of nitrogens with two attached hydrogens (primary N) is 1. The molecule has 24 heavy (non-hydrogen) atoms. The van der Waals surface area contributed by atoms with Crippen LogP contribution in [0.5, 0.6) is 11.5 Å². The summed E-state index contributed by atoms with van der Waals surface area (Å²) in [6.45, 7) is 3.13. The van der Waals surface area contributed by atoms with Crippen molar-refractivity contribution in [2.75, 3.05) is 17.8 Å². The first kappa shape index (κ1) is 15.7. The van der Waals surface area contributed by atoms with Crippen molar-refractivity contribution < 1.29 is 28.3 Å². The first-order valence-electron chi connectivity index (χ1n) is 7.09. The molecule has 1 unspecified atom stereocenters. The fourth-order valence-corrected chi connectivity index (χ4v) is 2.13. The molecule has 0 fully saturated rings. The van der Waals surface area contributed by atoms with E-state index in [0.29, 0.717) is 22.9 Å². The van der Waals surface area contributed by atoms with E-state index < -0.39 is 18.0 Å². The molecule has 0 saturated heterocycles. The van der Waals surface area contributed by atoms with E-state index in [0.717, 1.165) is 0 Å². The zero-order chi connectivity index (χ0) is 17.3. The summed E-state index contributed by atoms with van der Waals surface area (Å²) in [4.78, 5) is 24.2. The van der Waals surface area contributed by atoms with Gasteiger partial charge in [0, 0.05) is 11.8 Å². The number of nitrogens with zero attached hydrogens (tertiary/aromatic N) is 1. The molecule has 0 aliphatic carbocycles. The molecule has 1 amide bonds. The zero-order valence-corrected chi connectivity index (χ0v) is 13.0. The second-order valence-corrected chi connectivity index (χ2v) is 5.11. The van der Waals surface area contributed by atoms with E-state index in [4.69, 9.17) is 24.5 Å². The van der Waals surface area contributed by atoms with Gasteiger partial charge in [-0.2, -0.15) is 0 Å². The van der Waals surface area contributed by atoms with Gasteiger partial charge in [0.1, 0.15) is 5.56 Å². The van der Waals surface area contributed by atoms with Crippen LogP contribution < -0.4 is 20.5 Å². The number of nitrogen functional groups attached to an aromatic ring is 1. The third kappa shape index (κ3) is 2.96. The minimum absolute atomic E-state index is 0.0118. The second kappa shape index (κ2) is 6.11. The molecule has 1 aromatic carbocycles. The van der Waals surface area contributed by atoms with Crippen LogP contribution in [0, 0.1) is 6.92 Å². The predicted molar refractivity (Wildman–Crippen MR) is 81.7 cm³/mol. The van der Waals surface area contributed by atoms with Crippen molar-refractivity contribution in [3.8, 4) is 11.5 Å². The number of esters is 1. The van der Waals surface area contributed by atoms with Crippen LogP contribution in [0.3, 0.4) is 0 Å². The van der Waals surface area contributed by atoms with Gasteiger partial charge in [0.05, 0.1) is 5.69 Å². The number of aryl methyl sites for hydroxylation is 1. The van der Waals surface area contributed by atoms with Crippen molar-refractivity contribution in [2.24, 2.45) is 0 Å². The standard InChI is InChI=1S/C15H15N3O6/c1-7-12(13(16)24-18-7)15(20)23-8(2)14(19)17-9-3-4-10-11(5-9)22-6-21-10/h3-5,8H,6,16H2,1-2H3,(H,17,19). The van der Waals surface area contributed by atoms with Gasteiger partial charge in [-0.1, -0.05) is 5.16 Å². The molecule has 9 heteroatoms. The van der Waals surface area contributed by atoms with Crippen molar-refractivity contribution in [3.63, 3.8) is 0 Å². The smallest absolute Gasteiger partial charge is 0.346 e. The maximum atomic E-state index is 12.2. The number of hydrogen-bond donors (Lipinski definition) is 2. The number of amides is 1. The molecule has 0 radical (unpaired) electrons. The summed E-state index contributed by atoms with van der Waals surface area (Å²) < 4.78 is 20.2. The van der Waals surface area contributed by atoms with Crippen LogP contribution >= 0.6 is 0 Å². The van der Waals surface area contributed by atoms with E-state index in [1.165, 1.54) is 6.92 Å². The van der Waals surface area contributed by atoms with Crippen LogP contribution in [0.2, 0.25) is 0 Å². The van der Waals surface area contributed by atoms with Gasteiger partial charge in [0.25, 0.3) is 5.91 Å². The lowest BCUT2D eigenvalue weighted by Gasteiger charge is -2.13. The molecule has 3 rings (SSSR count). The van der Waals surface area contributed by atoms with Gasteiger partial charge >= 0.3 is 5.97 Å². The van der Waals surface area contributed by atoms with E-state index >= 15 is 0 Å². The number of benzene rings is 1. The Hall–Kier alpha value is -3.23. The van der Waals surface area contributed by atoms with Crippen LogP contribution in [0.25, 0.3) is 0 Å². The molecule has 9 nitrogen and oxygen atoms in total. The Bertz CT molecular complexity index is 781. The highest BCUT2D eigenvalue weighted by molar-refractivity contribution is 5.99. The van der Waals surface area contributed by atoms with E-state index in [2.05, 4.69) is 10.5 Å². The lowest BCUT2D eigenvalue weighted by Crippen LogP contribution is -2.30. The van der Waals surface area contributed by atoms with Gasteiger partial charge in [-0.3, -0.25) is 4.79 Å². The number of ether oxygens (including phenoxy) is 3. The fourth-order valence-electron chi connectivity index (χ4n) is 2.13. The summed E-state index contributed by atoms with van der Waals surface area (Å²) in [7, 11) is 0. The minimum atomic E-state index is -1.04. The van der Waals surface area contributed by atoms with Crippen LogP contribution in [0.1, 0.15) is 23.0 Å². The van der Waals surface area contributed by atoms with Crippen molar-refractivity contribution in [3.05, 3.63) is 29.5 Å². The molecule has 1 aliphatic heterocycles. The van der Waals surface area contributed by atoms with Gasteiger partial charge in [0.2, 0.25) is 12.7 Å². The molecule has 2 heterocycles. The Morgan fingerprint density at radius 2 is 2.08 bits per heavy atom. The number of nitrogens with one attached hydrogen (secondary N) is 1. The summed E-state index contributed by atoms with van der Waals surface area (Å²) in [6, 6.07) is 4.95. The number of carbonyl (C=O) groups is 2. The molecular weight excluding hydrogens is 318 g/mol. The monoisotopic (exact) mass is 333 g/mol. The average Bonchev–Trinajstić information content (AvgIpc) is 3.13. The number of rotatable bonds is 4. The van der Waals surface area contributed by atoms with Gasteiger partial charge in [-0.05, 0) is 26.0 Å². The lowest BCUT2D eigenvalue weighted by atomic mass is 10.2. The van der Waals surface area contributed by atoms with Crippen molar-refractivity contribution in [1.29, 1.82) is 0 Å². The maximum Gasteiger partial charge on any atom is 0.346 e. The van der Waals surface area contributed by atoms with Gasteiger partial charge in [0.15, 0.2) is 17.6 Å². The molecule has 0 spiro atoms. The summed E-state index contributed by atoms with van der Waals surface area (Å²) in [5.41, 5.74) is 6.31. The molecule has 126 valence electrons. The Labute approximate surface area is 136 Å². The lowest BCUT2D eigenvalue weighted by molar-refractivity contribution is -0.123. The Morgan fingerprint density at radius 1 is 1.33 bits per heavy atom. The van der Waals surface area contributed by atoms with Crippen LogP contribution in [-0.4, -0.2) is 29.9 Å². The number of aromatic nitrogens is 1. The molecular formula is C15H15N3O6. The van der Waals surface area contributed by atoms with Gasteiger partial charge in [-0.15, -0.1) is 0 Å². The average molecular weight is 333 g/mol. The van der Waals surface area contributed by atoms with Crippen LogP contribution in [-0.2, 0) is 9.53 Å². The fraction of sp³-hybridized carbons (Fsp3) is 0.267. The van der Waals surface area contributed by atoms with Gasteiger partial charge in [-0.25, -0.2) is 4.79 Å². The predicted octanol–water partition coefficient (Wildman–Crippen LogP) is 1.48. The van der Waals surface area contributed by atoms with E-state index in [1.807, 2.05) is 0 Å². The first-order chi connectivity index (χ1) is 11.5. The summed E-state index contributed by atoms with van der Waals surface area (Å²) in [5.74, 6) is -0.299. The molecule has 0 bridgehead atoms. The first-order valence-corrected chi connectivity index (χ1v) is 7.09. The Morgan fingerprint density at radius 3 is 2.79 bits per heavy atom. The molecule has 0 saturated carbocycles. The SMILES string of the molecule is Cc1noc(N)c1C(=O)OC(C)C(=O)Nc1ccc2c(c1)OCO2.